The summed E-state index contributed by atoms with van der Waals surface area (Å²) in [7, 11) is 3.05. The summed E-state index contributed by atoms with van der Waals surface area (Å²) >= 11 is 1.37. The Labute approximate surface area is 210 Å². The number of nitrogens with zero attached hydrogens (tertiary/aromatic N) is 1. The van der Waals surface area contributed by atoms with Crippen molar-refractivity contribution in [3.8, 4) is 28.6 Å². The van der Waals surface area contributed by atoms with Crippen LogP contribution >= 0.6 is 11.3 Å². The zero-order valence-electron chi connectivity index (χ0n) is 19.8. The maximum atomic E-state index is 13.3. The van der Waals surface area contributed by atoms with E-state index in [2.05, 4.69) is 10.3 Å². The highest BCUT2D eigenvalue weighted by Crippen LogP contribution is 2.36. The summed E-state index contributed by atoms with van der Waals surface area (Å²) < 4.78 is 23.5. The largest absolute Gasteiger partial charge is 0.493 e. The van der Waals surface area contributed by atoms with Gasteiger partial charge in [-0.05, 0) is 55.0 Å². The fourth-order valence-electron chi connectivity index (χ4n) is 3.80. The molecule has 3 aromatic carbocycles. The Hall–Kier alpha value is -4.37. The van der Waals surface area contributed by atoms with Gasteiger partial charge in [0.2, 0.25) is 11.2 Å². The van der Waals surface area contributed by atoms with E-state index in [0.717, 1.165) is 15.8 Å². The molecule has 0 saturated heterocycles. The number of thiazole rings is 1. The number of amides is 1. The number of fused-ring (bicyclic) bond motifs is 2. The first-order chi connectivity index (χ1) is 17.5. The Morgan fingerprint density at radius 3 is 2.64 bits per heavy atom. The molecule has 0 aliphatic rings. The first-order valence-corrected chi connectivity index (χ1v) is 11.9. The van der Waals surface area contributed by atoms with E-state index < -0.39 is 12.5 Å². The number of carbonyl (C=O) groups is 1. The minimum Gasteiger partial charge on any atom is -0.493 e. The van der Waals surface area contributed by atoms with Crippen molar-refractivity contribution in [2.75, 3.05) is 26.1 Å². The molecular weight excluding hydrogens is 480 g/mol. The molecule has 1 N–H and O–H groups in total. The summed E-state index contributed by atoms with van der Waals surface area (Å²) in [5, 5.41) is 3.54. The number of ether oxygens (including phenoxy) is 3. The number of methoxy groups -OCH3 is 2. The van der Waals surface area contributed by atoms with E-state index in [0.29, 0.717) is 33.2 Å². The molecule has 0 saturated carbocycles. The fraction of sp³-hybridized carbons (Fsp3) is 0.148. The van der Waals surface area contributed by atoms with Crippen LogP contribution in [0.25, 0.3) is 32.5 Å². The third-order valence-corrected chi connectivity index (χ3v) is 6.47. The van der Waals surface area contributed by atoms with Gasteiger partial charge in [0.1, 0.15) is 5.58 Å². The number of hydrogen-bond donors (Lipinski definition) is 1. The molecule has 0 spiro atoms. The zero-order chi connectivity index (χ0) is 25.2. The molecule has 2 aromatic heterocycles. The topological polar surface area (TPSA) is 99.9 Å². The zero-order valence-corrected chi connectivity index (χ0v) is 20.6. The SMILES string of the molecule is COc1ccc(-c2oc3ccccc3c(=O)c2OCC(=O)Nc2nc3ccc(C)cc3s2)cc1OC. The van der Waals surface area contributed by atoms with Crippen molar-refractivity contribution >= 4 is 43.6 Å². The standard InChI is InChI=1S/C27H22N2O6S/c1-15-8-10-18-22(12-15)36-27(28-18)29-23(30)14-34-26-24(31)17-6-4-5-7-19(17)35-25(26)16-9-11-20(32-2)21(13-16)33-3/h4-13H,14H2,1-3H3,(H,28,29,30). The number of aromatic nitrogens is 1. The molecule has 0 bridgehead atoms. The van der Waals surface area contributed by atoms with E-state index in [1.807, 2.05) is 25.1 Å². The van der Waals surface area contributed by atoms with Crippen molar-refractivity contribution in [2.24, 2.45) is 0 Å². The summed E-state index contributed by atoms with van der Waals surface area (Å²) in [6.07, 6.45) is 0. The summed E-state index contributed by atoms with van der Waals surface area (Å²) in [5.74, 6) is 0.647. The highest BCUT2D eigenvalue weighted by Gasteiger charge is 2.20. The van der Waals surface area contributed by atoms with Gasteiger partial charge in [-0.2, -0.15) is 0 Å². The lowest BCUT2D eigenvalue weighted by Gasteiger charge is -2.13. The first kappa shape index (κ1) is 23.4. The van der Waals surface area contributed by atoms with Gasteiger partial charge in [-0.25, -0.2) is 4.98 Å². The Morgan fingerprint density at radius 2 is 1.83 bits per heavy atom. The number of carbonyl (C=O) groups excluding carboxylic acids is 1. The van der Waals surface area contributed by atoms with E-state index in [-0.39, 0.29) is 16.9 Å². The number of nitrogens with one attached hydrogen (secondary N) is 1. The Morgan fingerprint density at radius 1 is 1.03 bits per heavy atom. The number of anilines is 1. The highest BCUT2D eigenvalue weighted by molar-refractivity contribution is 7.22. The molecule has 8 nitrogen and oxygen atoms in total. The van der Waals surface area contributed by atoms with E-state index in [1.165, 1.54) is 25.6 Å². The molecule has 5 rings (SSSR count). The Bertz CT molecular complexity index is 1660. The van der Waals surface area contributed by atoms with Crippen LogP contribution in [0.5, 0.6) is 17.2 Å². The van der Waals surface area contributed by atoms with Gasteiger partial charge in [-0.1, -0.05) is 29.5 Å². The molecule has 5 aromatic rings. The van der Waals surface area contributed by atoms with Gasteiger partial charge >= 0.3 is 0 Å². The van der Waals surface area contributed by atoms with Crippen LogP contribution in [-0.4, -0.2) is 31.7 Å². The maximum absolute atomic E-state index is 13.3. The van der Waals surface area contributed by atoms with E-state index >= 15 is 0 Å². The maximum Gasteiger partial charge on any atom is 0.264 e. The molecule has 0 unspecified atom stereocenters. The normalized spacial score (nSPS) is 11.0. The molecule has 36 heavy (non-hydrogen) atoms. The first-order valence-electron chi connectivity index (χ1n) is 11.0. The van der Waals surface area contributed by atoms with Crippen molar-refractivity contribution in [1.29, 1.82) is 0 Å². The van der Waals surface area contributed by atoms with Crippen molar-refractivity contribution in [2.45, 2.75) is 6.92 Å². The number of rotatable bonds is 7. The molecule has 1 amide bonds. The minimum absolute atomic E-state index is 0.0732. The molecule has 0 atom stereocenters. The van der Waals surface area contributed by atoms with Crippen LogP contribution in [0.1, 0.15) is 5.56 Å². The number of benzene rings is 3. The molecule has 2 heterocycles. The van der Waals surface area contributed by atoms with Crippen LogP contribution in [0.3, 0.4) is 0 Å². The monoisotopic (exact) mass is 502 g/mol. The quantitative estimate of drug-likeness (QED) is 0.317. The summed E-state index contributed by atoms with van der Waals surface area (Å²) in [4.78, 5) is 30.5. The Kier molecular flexibility index (Phi) is 6.30. The van der Waals surface area contributed by atoms with Crippen LogP contribution in [0.15, 0.2) is 69.9 Å². The molecule has 0 aliphatic heterocycles. The van der Waals surface area contributed by atoms with Crippen LogP contribution < -0.4 is 25.0 Å². The van der Waals surface area contributed by atoms with Crippen molar-refractivity contribution in [3.63, 3.8) is 0 Å². The van der Waals surface area contributed by atoms with Crippen molar-refractivity contribution in [3.05, 3.63) is 76.5 Å². The predicted molar refractivity (Wildman–Crippen MR) is 140 cm³/mol. The average Bonchev–Trinajstić information content (AvgIpc) is 3.28. The van der Waals surface area contributed by atoms with Gasteiger partial charge in [0.05, 0.1) is 29.8 Å². The lowest BCUT2D eigenvalue weighted by atomic mass is 10.1. The number of para-hydroxylation sites is 1. The van der Waals surface area contributed by atoms with E-state index in [4.69, 9.17) is 18.6 Å². The third-order valence-electron chi connectivity index (χ3n) is 5.54. The second-order valence-corrected chi connectivity index (χ2v) is 9.01. The van der Waals surface area contributed by atoms with Gasteiger partial charge in [0.25, 0.3) is 5.91 Å². The molecular formula is C27H22N2O6S. The molecule has 182 valence electrons. The molecule has 0 radical (unpaired) electrons. The van der Waals surface area contributed by atoms with Crippen LogP contribution in [0.4, 0.5) is 5.13 Å². The van der Waals surface area contributed by atoms with Crippen LogP contribution in [0, 0.1) is 6.92 Å². The Balaban J connectivity index is 1.47. The minimum atomic E-state index is -0.448. The number of hydrogen-bond acceptors (Lipinski definition) is 8. The van der Waals surface area contributed by atoms with Gasteiger partial charge in [0.15, 0.2) is 29.0 Å². The molecule has 0 fully saturated rings. The molecule has 9 heteroatoms. The predicted octanol–water partition coefficient (Wildman–Crippen LogP) is 5.41. The molecule has 0 aliphatic carbocycles. The van der Waals surface area contributed by atoms with Crippen LogP contribution in [-0.2, 0) is 4.79 Å². The lowest BCUT2D eigenvalue weighted by molar-refractivity contribution is -0.118. The smallest absolute Gasteiger partial charge is 0.264 e. The van der Waals surface area contributed by atoms with Crippen molar-refractivity contribution < 1.29 is 23.4 Å². The van der Waals surface area contributed by atoms with Crippen LogP contribution in [0.2, 0.25) is 0 Å². The summed E-state index contributed by atoms with van der Waals surface area (Å²) in [6.45, 7) is 1.59. The second kappa shape index (κ2) is 9.71. The van der Waals surface area contributed by atoms with E-state index in [9.17, 15) is 9.59 Å². The third kappa shape index (κ3) is 4.48. The highest BCUT2D eigenvalue weighted by atomic mass is 32.1. The number of aryl methyl sites for hydroxylation is 1. The van der Waals surface area contributed by atoms with Gasteiger partial charge < -0.3 is 18.6 Å². The average molecular weight is 503 g/mol. The summed E-state index contributed by atoms with van der Waals surface area (Å²) in [5.41, 5.74) is 2.46. The van der Waals surface area contributed by atoms with Gasteiger partial charge in [-0.3, -0.25) is 14.9 Å². The lowest BCUT2D eigenvalue weighted by Crippen LogP contribution is -2.22. The van der Waals surface area contributed by atoms with Crippen molar-refractivity contribution in [1.82, 2.24) is 4.98 Å². The van der Waals surface area contributed by atoms with Gasteiger partial charge in [-0.15, -0.1) is 0 Å². The second-order valence-electron chi connectivity index (χ2n) is 7.98. The fourth-order valence-corrected chi connectivity index (χ4v) is 4.78. The van der Waals surface area contributed by atoms with Gasteiger partial charge in [0, 0.05) is 5.56 Å². The van der Waals surface area contributed by atoms with E-state index in [1.54, 1.807) is 42.5 Å². The summed E-state index contributed by atoms with van der Waals surface area (Å²) in [6, 6.07) is 17.9.